The number of rotatable bonds is 7. The van der Waals surface area contributed by atoms with Gasteiger partial charge in [0.1, 0.15) is 18.1 Å². The van der Waals surface area contributed by atoms with E-state index in [2.05, 4.69) is 28.2 Å². The maximum atomic E-state index is 10.9. The fourth-order valence-electron chi connectivity index (χ4n) is 3.73. The Hall–Kier alpha value is -4.26. The van der Waals surface area contributed by atoms with Crippen molar-refractivity contribution in [2.24, 2.45) is 0 Å². The van der Waals surface area contributed by atoms with Crippen LogP contribution in [0.15, 0.2) is 60.8 Å². The topological polar surface area (TPSA) is 99.7 Å². The summed E-state index contributed by atoms with van der Waals surface area (Å²) >= 11 is 0. The summed E-state index contributed by atoms with van der Waals surface area (Å²) in [5.74, 6) is 1.86. The summed E-state index contributed by atoms with van der Waals surface area (Å²) in [6.07, 6.45) is 1.63. The first-order valence-electron chi connectivity index (χ1n) is 10.8. The van der Waals surface area contributed by atoms with Gasteiger partial charge in [-0.1, -0.05) is 29.8 Å². The molecule has 7 heteroatoms. The molecule has 34 heavy (non-hydrogen) atoms. The third-order valence-electron chi connectivity index (χ3n) is 5.63. The molecule has 1 heterocycles. The van der Waals surface area contributed by atoms with E-state index in [0.717, 1.165) is 16.7 Å². The van der Waals surface area contributed by atoms with E-state index in [9.17, 15) is 5.11 Å². The minimum atomic E-state index is 0.0262. The first kappa shape index (κ1) is 22.9. The van der Waals surface area contributed by atoms with Crippen molar-refractivity contribution in [1.29, 1.82) is 0 Å². The number of hydrogen-bond acceptors (Lipinski definition) is 7. The van der Waals surface area contributed by atoms with Gasteiger partial charge in [-0.15, -0.1) is 0 Å². The number of phenolic OH excluding ortho intramolecular Hbond substituents is 1. The Bertz CT molecular complexity index is 1340. The number of benzene rings is 3. The zero-order valence-corrected chi connectivity index (χ0v) is 19.6. The number of aromatic nitrogens is 2. The van der Waals surface area contributed by atoms with Crippen LogP contribution in [-0.2, 0) is 6.61 Å². The van der Waals surface area contributed by atoms with E-state index in [-0.39, 0.29) is 11.7 Å². The molecule has 1 aromatic heterocycles. The summed E-state index contributed by atoms with van der Waals surface area (Å²) in [6, 6.07) is 16.9. The van der Waals surface area contributed by atoms with Gasteiger partial charge in [-0.3, -0.25) is 0 Å². The van der Waals surface area contributed by atoms with Crippen LogP contribution in [-0.4, -0.2) is 29.3 Å². The van der Waals surface area contributed by atoms with Crippen molar-refractivity contribution in [3.05, 3.63) is 77.5 Å². The van der Waals surface area contributed by atoms with Crippen LogP contribution in [0.4, 0.5) is 5.95 Å². The van der Waals surface area contributed by atoms with Crippen molar-refractivity contribution in [2.45, 2.75) is 20.5 Å². The molecular weight excluding hydrogens is 430 g/mol. The molecule has 4 aromatic rings. The minimum absolute atomic E-state index is 0.0262. The van der Waals surface area contributed by atoms with Gasteiger partial charge in [-0.05, 0) is 54.8 Å². The fraction of sp³-hybridized carbons (Fsp3) is 0.185. The largest absolute Gasteiger partial charge is 0.507 e. The van der Waals surface area contributed by atoms with Gasteiger partial charge in [0.25, 0.3) is 0 Å². The monoisotopic (exact) mass is 457 g/mol. The normalized spacial score (nSPS) is 10.7. The van der Waals surface area contributed by atoms with E-state index < -0.39 is 0 Å². The smallest absolute Gasteiger partial charge is 0.220 e. The van der Waals surface area contributed by atoms with Gasteiger partial charge < -0.3 is 25.1 Å². The summed E-state index contributed by atoms with van der Waals surface area (Å²) < 4.78 is 16.7. The highest BCUT2D eigenvalue weighted by Gasteiger charge is 2.17. The summed E-state index contributed by atoms with van der Waals surface area (Å²) in [5, 5.41) is 10.9. The summed E-state index contributed by atoms with van der Waals surface area (Å²) in [5.41, 5.74) is 11.8. The van der Waals surface area contributed by atoms with E-state index >= 15 is 0 Å². The lowest BCUT2D eigenvalue weighted by Gasteiger charge is -2.14. The number of aromatic hydroxyl groups is 1. The van der Waals surface area contributed by atoms with Crippen LogP contribution in [0.2, 0.25) is 0 Å². The van der Waals surface area contributed by atoms with Crippen molar-refractivity contribution in [1.82, 2.24) is 9.97 Å². The molecule has 0 amide bonds. The number of phenols is 1. The fourth-order valence-corrected chi connectivity index (χ4v) is 3.73. The van der Waals surface area contributed by atoms with Crippen LogP contribution in [0.3, 0.4) is 0 Å². The first-order chi connectivity index (χ1) is 16.4. The molecule has 0 unspecified atom stereocenters. The zero-order chi connectivity index (χ0) is 24.2. The number of ether oxygens (including phenoxy) is 3. The summed E-state index contributed by atoms with van der Waals surface area (Å²) in [7, 11) is 3.15. The lowest BCUT2D eigenvalue weighted by Crippen LogP contribution is -2.00. The van der Waals surface area contributed by atoms with Crippen LogP contribution in [0.25, 0.3) is 22.4 Å². The molecule has 4 rings (SSSR count). The lowest BCUT2D eigenvalue weighted by molar-refractivity contribution is 0.303. The van der Waals surface area contributed by atoms with Crippen LogP contribution in [0, 0.1) is 13.8 Å². The summed E-state index contributed by atoms with van der Waals surface area (Å²) in [6.45, 7) is 4.50. The van der Waals surface area contributed by atoms with Crippen molar-refractivity contribution in [3.63, 3.8) is 0 Å². The molecule has 0 spiro atoms. The number of nitrogens with two attached hydrogens (primary N) is 1. The highest BCUT2D eigenvalue weighted by Crippen LogP contribution is 2.40. The second-order valence-corrected chi connectivity index (χ2v) is 7.96. The second kappa shape index (κ2) is 9.70. The Labute approximate surface area is 198 Å². The Morgan fingerprint density at radius 1 is 0.882 bits per heavy atom. The van der Waals surface area contributed by atoms with Crippen LogP contribution in [0.5, 0.6) is 23.0 Å². The van der Waals surface area contributed by atoms with Gasteiger partial charge in [0.2, 0.25) is 5.95 Å². The SMILES string of the molecule is COc1ccc(-c2cnc(N)nc2-c2ccc(OCc3cc(C)ccc3C)cc2O)cc1OC. The van der Waals surface area contributed by atoms with Gasteiger partial charge >= 0.3 is 0 Å². The van der Waals surface area contributed by atoms with Crippen molar-refractivity contribution in [3.8, 4) is 45.4 Å². The number of hydrogen-bond donors (Lipinski definition) is 2. The van der Waals surface area contributed by atoms with E-state index in [4.69, 9.17) is 19.9 Å². The Balaban J connectivity index is 1.67. The maximum Gasteiger partial charge on any atom is 0.220 e. The van der Waals surface area contributed by atoms with Gasteiger partial charge in [-0.25, -0.2) is 9.97 Å². The predicted molar refractivity (Wildman–Crippen MR) is 132 cm³/mol. The molecule has 0 aliphatic heterocycles. The van der Waals surface area contributed by atoms with Gasteiger partial charge in [-0.2, -0.15) is 0 Å². The molecule has 0 bridgehead atoms. The number of anilines is 1. The van der Waals surface area contributed by atoms with Crippen LogP contribution in [0.1, 0.15) is 16.7 Å². The van der Waals surface area contributed by atoms with E-state index in [1.54, 1.807) is 44.7 Å². The molecule has 0 aliphatic rings. The predicted octanol–water partition coefficient (Wildman–Crippen LogP) is 5.31. The van der Waals surface area contributed by atoms with Crippen LogP contribution < -0.4 is 19.9 Å². The van der Waals surface area contributed by atoms with Gasteiger partial charge in [0, 0.05) is 23.4 Å². The Morgan fingerprint density at radius 2 is 1.68 bits per heavy atom. The minimum Gasteiger partial charge on any atom is -0.507 e. The third-order valence-corrected chi connectivity index (χ3v) is 5.63. The zero-order valence-electron chi connectivity index (χ0n) is 19.6. The third kappa shape index (κ3) is 4.73. The molecule has 3 N–H and O–H groups in total. The molecular formula is C27H27N3O4. The number of nitrogens with zero attached hydrogens (tertiary/aromatic N) is 2. The maximum absolute atomic E-state index is 10.9. The number of methoxy groups -OCH3 is 2. The van der Waals surface area contributed by atoms with Crippen molar-refractivity contribution < 1.29 is 19.3 Å². The van der Waals surface area contributed by atoms with Crippen LogP contribution >= 0.6 is 0 Å². The molecule has 7 nitrogen and oxygen atoms in total. The molecule has 174 valence electrons. The molecule has 0 radical (unpaired) electrons. The molecule has 3 aromatic carbocycles. The van der Waals surface area contributed by atoms with Crippen molar-refractivity contribution >= 4 is 5.95 Å². The van der Waals surface area contributed by atoms with E-state index in [0.29, 0.717) is 40.7 Å². The Kier molecular flexibility index (Phi) is 6.54. The van der Waals surface area contributed by atoms with E-state index in [1.165, 1.54) is 5.56 Å². The average Bonchev–Trinajstić information content (AvgIpc) is 2.84. The van der Waals surface area contributed by atoms with Crippen molar-refractivity contribution in [2.75, 3.05) is 20.0 Å². The lowest BCUT2D eigenvalue weighted by atomic mass is 9.99. The van der Waals surface area contributed by atoms with E-state index in [1.807, 2.05) is 26.0 Å². The highest BCUT2D eigenvalue weighted by atomic mass is 16.5. The van der Waals surface area contributed by atoms with Gasteiger partial charge in [0.15, 0.2) is 11.5 Å². The number of nitrogen functional groups attached to an aromatic ring is 1. The molecule has 0 fully saturated rings. The quantitative estimate of drug-likeness (QED) is 0.388. The highest BCUT2D eigenvalue weighted by molar-refractivity contribution is 5.84. The molecule has 0 saturated heterocycles. The molecule has 0 aliphatic carbocycles. The second-order valence-electron chi connectivity index (χ2n) is 7.96. The molecule has 0 atom stereocenters. The first-order valence-corrected chi connectivity index (χ1v) is 10.8. The van der Waals surface area contributed by atoms with Gasteiger partial charge in [0.05, 0.1) is 19.9 Å². The number of aryl methyl sites for hydroxylation is 2. The summed E-state index contributed by atoms with van der Waals surface area (Å²) in [4.78, 5) is 8.57. The standard InChI is InChI=1S/C27H27N3O4/c1-16-5-6-17(2)19(11-16)15-34-20-8-9-21(23(31)13-20)26-22(14-29-27(28)30-26)18-7-10-24(32-3)25(12-18)33-4/h5-14,31H,15H2,1-4H3,(H2,28,29,30). The Morgan fingerprint density at radius 3 is 2.41 bits per heavy atom. The molecule has 0 saturated carbocycles. The average molecular weight is 458 g/mol.